The Bertz CT molecular complexity index is 1350. The number of nitrogens with one attached hydrogen (secondary N) is 2. The lowest BCUT2D eigenvalue weighted by Crippen LogP contribution is -2.20. The van der Waals surface area contributed by atoms with Crippen molar-refractivity contribution in [2.45, 2.75) is 13.8 Å². The third-order valence-electron chi connectivity index (χ3n) is 5.02. The number of anilines is 1. The van der Waals surface area contributed by atoms with Crippen LogP contribution in [0.25, 0.3) is 0 Å². The van der Waals surface area contributed by atoms with Crippen LogP contribution in [0.4, 0.5) is 5.69 Å². The Morgan fingerprint density at radius 2 is 1.82 bits per heavy atom. The molecule has 38 heavy (non-hydrogen) atoms. The van der Waals surface area contributed by atoms with Crippen LogP contribution in [-0.2, 0) is 4.79 Å². The number of hydrogen-bond donors (Lipinski definition) is 2. The van der Waals surface area contributed by atoms with Gasteiger partial charge in [-0.2, -0.15) is 5.10 Å². The van der Waals surface area contributed by atoms with Gasteiger partial charge in [-0.25, -0.2) is 5.43 Å². The van der Waals surface area contributed by atoms with Crippen LogP contribution in [-0.4, -0.2) is 37.8 Å². The van der Waals surface area contributed by atoms with Gasteiger partial charge in [-0.1, -0.05) is 46.3 Å². The van der Waals surface area contributed by atoms with Crippen molar-refractivity contribution < 1.29 is 23.8 Å². The van der Waals surface area contributed by atoms with E-state index in [0.29, 0.717) is 52.3 Å². The predicted octanol–water partition coefficient (Wildman–Crippen LogP) is 6.16. The quantitative estimate of drug-likeness (QED) is 0.148. The number of hydrazone groups is 1. The minimum absolute atomic E-state index is 0.235. The SMILES string of the molecule is C=CCOc1ccc(C(=O)N/N=C/c2cc(Br)ccc2OCC(=O)Nc2ccc(C)c(Cl)c2)cc1OCC. The van der Waals surface area contributed by atoms with Gasteiger partial charge in [0.25, 0.3) is 11.8 Å². The van der Waals surface area contributed by atoms with E-state index in [1.54, 1.807) is 54.6 Å². The van der Waals surface area contributed by atoms with Gasteiger partial charge in [-0.15, -0.1) is 0 Å². The molecule has 10 heteroatoms. The maximum Gasteiger partial charge on any atom is 0.271 e. The molecule has 0 aromatic heterocycles. The normalized spacial score (nSPS) is 10.6. The minimum Gasteiger partial charge on any atom is -0.490 e. The topological polar surface area (TPSA) is 98.3 Å². The fourth-order valence-corrected chi connectivity index (χ4v) is 3.73. The number of aryl methyl sites for hydroxylation is 1. The van der Waals surface area contributed by atoms with E-state index in [1.165, 1.54) is 6.21 Å². The zero-order chi connectivity index (χ0) is 27.5. The van der Waals surface area contributed by atoms with Crippen LogP contribution < -0.4 is 25.0 Å². The van der Waals surface area contributed by atoms with E-state index in [9.17, 15) is 9.59 Å². The smallest absolute Gasteiger partial charge is 0.271 e. The van der Waals surface area contributed by atoms with Gasteiger partial charge in [0.05, 0.1) is 12.8 Å². The highest BCUT2D eigenvalue weighted by atomic mass is 79.9. The molecule has 0 bridgehead atoms. The summed E-state index contributed by atoms with van der Waals surface area (Å²) in [4.78, 5) is 25.0. The number of ether oxygens (including phenoxy) is 3. The maximum absolute atomic E-state index is 12.7. The van der Waals surface area contributed by atoms with Crippen molar-refractivity contribution in [3.8, 4) is 17.2 Å². The fourth-order valence-electron chi connectivity index (χ4n) is 3.17. The number of nitrogens with zero attached hydrogens (tertiary/aromatic N) is 1. The molecule has 2 amide bonds. The number of benzene rings is 3. The van der Waals surface area contributed by atoms with E-state index in [-0.39, 0.29) is 12.5 Å². The Kier molecular flexibility index (Phi) is 10.7. The second-order valence-electron chi connectivity index (χ2n) is 7.88. The molecule has 3 rings (SSSR count). The van der Waals surface area contributed by atoms with E-state index in [4.69, 9.17) is 25.8 Å². The van der Waals surface area contributed by atoms with Crippen molar-refractivity contribution in [1.82, 2.24) is 5.43 Å². The molecule has 8 nitrogen and oxygen atoms in total. The number of carbonyl (C=O) groups is 2. The summed E-state index contributed by atoms with van der Waals surface area (Å²) in [7, 11) is 0. The Morgan fingerprint density at radius 1 is 1.03 bits per heavy atom. The number of rotatable bonds is 12. The van der Waals surface area contributed by atoms with Gasteiger partial charge in [0.2, 0.25) is 0 Å². The molecule has 0 aliphatic carbocycles. The lowest BCUT2D eigenvalue weighted by Gasteiger charge is -2.12. The molecule has 0 saturated heterocycles. The van der Waals surface area contributed by atoms with Crippen LogP contribution in [0.2, 0.25) is 5.02 Å². The molecular weight excluding hydrogens is 574 g/mol. The maximum atomic E-state index is 12.7. The highest BCUT2D eigenvalue weighted by Crippen LogP contribution is 2.29. The van der Waals surface area contributed by atoms with Gasteiger partial charge < -0.3 is 19.5 Å². The number of hydrogen-bond acceptors (Lipinski definition) is 6. The van der Waals surface area contributed by atoms with Crippen molar-refractivity contribution in [2.75, 3.05) is 25.1 Å². The van der Waals surface area contributed by atoms with E-state index >= 15 is 0 Å². The number of amides is 2. The van der Waals surface area contributed by atoms with Crippen molar-refractivity contribution in [1.29, 1.82) is 0 Å². The molecule has 0 spiro atoms. The van der Waals surface area contributed by atoms with E-state index < -0.39 is 5.91 Å². The Balaban J connectivity index is 1.64. The third-order valence-corrected chi connectivity index (χ3v) is 5.92. The van der Waals surface area contributed by atoms with Crippen LogP contribution in [0.5, 0.6) is 17.2 Å². The van der Waals surface area contributed by atoms with Crippen molar-refractivity contribution in [3.05, 3.63) is 93.4 Å². The monoisotopic (exact) mass is 599 g/mol. The van der Waals surface area contributed by atoms with Gasteiger partial charge in [0, 0.05) is 26.3 Å². The van der Waals surface area contributed by atoms with Gasteiger partial charge in [0.1, 0.15) is 12.4 Å². The molecule has 0 saturated carbocycles. The standard InChI is InChI=1S/C28H27BrClN3O5/c1-4-12-37-25-10-7-19(14-26(25)36-5-2)28(35)33-31-16-20-13-21(29)8-11-24(20)38-17-27(34)32-22-9-6-18(3)23(30)15-22/h4,6-11,13-16H,1,5,12,17H2,2-3H3,(H,32,34)(H,33,35)/b31-16+. The highest BCUT2D eigenvalue weighted by molar-refractivity contribution is 9.10. The first kappa shape index (κ1) is 28.7. The zero-order valence-corrected chi connectivity index (χ0v) is 23.3. The van der Waals surface area contributed by atoms with Gasteiger partial charge in [-0.05, 0) is 67.9 Å². The third kappa shape index (κ3) is 8.36. The van der Waals surface area contributed by atoms with Crippen LogP contribution in [0.15, 0.2) is 76.8 Å². The minimum atomic E-state index is -0.439. The molecule has 0 heterocycles. The fraction of sp³-hybridized carbons (Fsp3) is 0.179. The van der Waals surface area contributed by atoms with E-state index in [1.807, 2.05) is 19.9 Å². The van der Waals surface area contributed by atoms with Gasteiger partial charge in [-0.3, -0.25) is 9.59 Å². The summed E-state index contributed by atoms with van der Waals surface area (Å²) in [6.07, 6.45) is 3.05. The summed E-state index contributed by atoms with van der Waals surface area (Å²) in [6, 6.07) is 15.3. The van der Waals surface area contributed by atoms with Gasteiger partial charge >= 0.3 is 0 Å². The van der Waals surface area contributed by atoms with Crippen molar-refractivity contribution >= 4 is 51.2 Å². The summed E-state index contributed by atoms with van der Waals surface area (Å²) in [5.74, 6) is 0.573. The molecular formula is C28H27BrClN3O5. The molecule has 0 atom stereocenters. The summed E-state index contributed by atoms with van der Waals surface area (Å²) < 4.78 is 17.6. The average Bonchev–Trinajstić information content (AvgIpc) is 2.89. The van der Waals surface area contributed by atoms with Gasteiger partial charge in [0.15, 0.2) is 18.1 Å². The second-order valence-corrected chi connectivity index (χ2v) is 9.20. The second kappa shape index (κ2) is 14.2. The molecule has 0 radical (unpaired) electrons. The number of carbonyl (C=O) groups excluding carboxylic acids is 2. The van der Waals surface area contributed by atoms with E-state index in [2.05, 4.69) is 38.4 Å². The lowest BCUT2D eigenvalue weighted by molar-refractivity contribution is -0.118. The summed E-state index contributed by atoms with van der Waals surface area (Å²) >= 11 is 9.53. The largest absolute Gasteiger partial charge is 0.490 e. The van der Waals surface area contributed by atoms with Crippen LogP contribution in [0.3, 0.4) is 0 Å². The Morgan fingerprint density at radius 3 is 2.55 bits per heavy atom. The average molecular weight is 601 g/mol. The van der Waals surface area contributed by atoms with Crippen molar-refractivity contribution in [2.24, 2.45) is 5.10 Å². The molecule has 0 aliphatic rings. The molecule has 3 aromatic carbocycles. The first-order valence-electron chi connectivity index (χ1n) is 11.6. The molecule has 0 fully saturated rings. The van der Waals surface area contributed by atoms with Crippen LogP contribution in [0.1, 0.15) is 28.4 Å². The van der Waals surface area contributed by atoms with Crippen LogP contribution in [0, 0.1) is 6.92 Å². The molecule has 198 valence electrons. The van der Waals surface area contributed by atoms with Crippen LogP contribution >= 0.6 is 27.5 Å². The molecule has 0 unspecified atom stereocenters. The first-order valence-corrected chi connectivity index (χ1v) is 12.8. The summed E-state index contributed by atoms with van der Waals surface area (Å²) in [5.41, 5.74) is 4.87. The van der Waals surface area contributed by atoms with E-state index in [0.717, 1.165) is 10.0 Å². The Labute approximate surface area is 234 Å². The van der Waals surface area contributed by atoms with Crippen molar-refractivity contribution in [3.63, 3.8) is 0 Å². The molecule has 2 N–H and O–H groups in total. The summed E-state index contributed by atoms with van der Waals surface area (Å²) in [5, 5.41) is 7.36. The molecule has 0 aliphatic heterocycles. The molecule has 3 aromatic rings. The highest BCUT2D eigenvalue weighted by Gasteiger charge is 2.12. The lowest BCUT2D eigenvalue weighted by atomic mass is 10.2. The zero-order valence-electron chi connectivity index (χ0n) is 20.9. The number of halogens is 2. The first-order chi connectivity index (χ1) is 18.3. The Hall–Kier alpha value is -3.82. The predicted molar refractivity (Wildman–Crippen MR) is 153 cm³/mol. The summed E-state index contributed by atoms with van der Waals surface area (Å²) in [6.45, 7) is 7.84.